The predicted molar refractivity (Wildman–Crippen MR) is 135 cm³/mol. The maximum atomic E-state index is 9.29. The Morgan fingerprint density at radius 3 is 2.59 bits per heavy atom. The Morgan fingerprint density at radius 2 is 1.79 bits per heavy atom. The summed E-state index contributed by atoms with van der Waals surface area (Å²) in [4.78, 5) is 9.55. The molecule has 34 heavy (non-hydrogen) atoms. The molecule has 1 aliphatic heterocycles. The molecule has 1 fully saturated rings. The molecule has 168 valence electrons. The number of aryl methyl sites for hydroxylation is 1. The molecule has 0 spiro atoms. The van der Waals surface area contributed by atoms with Crippen molar-refractivity contribution in [2.45, 2.75) is 19.4 Å². The first-order chi connectivity index (χ1) is 16.7. The third kappa shape index (κ3) is 3.55. The van der Waals surface area contributed by atoms with Gasteiger partial charge < -0.3 is 14.5 Å². The Morgan fingerprint density at radius 1 is 1.00 bits per heavy atom. The lowest BCUT2D eigenvalue weighted by Gasteiger charge is -2.23. The predicted octanol–water partition coefficient (Wildman–Crippen LogP) is 5.13. The quantitative estimate of drug-likeness (QED) is 0.416. The fourth-order valence-corrected chi connectivity index (χ4v) is 5.17. The van der Waals surface area contributed by atoms with Gasteiger partial charge in [0.15, 0.2) is 0 Å². The highest BCUT2D eigenvalue weighted by molar-refractivity contribution is 6.02. The number of nitriles is 1. The minimum Gasteiger partial charge on any atom is -0.346 e. The van der Waals surface area contributed by atoms with E-state index in [1.54, 1.807) is 0 Å². The van der Waals surface area contributed by atoms with Crippen molar-refractivity contribution >= 4 is 21.9 Å². The molecule has 2 aromatic carbocycles. The van der Waals surface area contributed by atoms with Gasteiger partial charge >= 0.3 is 0 Å². The van der Waals surface area contributed by atoms with Gasteiger partial charge in [0, 0.05) is 36.3 Å². The lowest BCUT2D eigenvalue weighted by atomic mass is 9.95. The minimum absolute atomic E-state index is 0.656. The Balaban J connectivity index is 1.52. The van der Waals surface area contributed by atoms with Gasteiger partial charge in [0.25, 0.3) is 0 Å². The van der Waals surface area contributed by atoms with Crippen molar-refractivity contribution in [3.8, 4) is 28.5 Å². The van der Waals surface area contributed by atoms with Gasteiger partial charge in [0.1, 0.15) is 0 Å². The Hall–Kier alpha value is -3.95. The van der Waals surface area contributed by atoms with Crippen LogP contribution in [-0.4, -0.2) is 32.2 Å². The lowest BCUT2D eigenvalue weighted by Crippen LogP contribution is -2.29. The van der Waals surface area contributed by atoms with Gasteiger partial charge in [-0.15, -0.1) is 0 Å². The SMILES string of the molecule is Cn1cnc2cc(-c3ncc4c(ccn4CC4CCNCC4)c3-c3ccc(C#N)cc3)ccc21. The first-order valence-corrected chi connectivity index (χ1v) is 11.8. The van der Waals surface area contributed by atoms with Gasteiger partial charge in [-0.3, -0.25) is 4.98 Å². The second-order valence-corrected chi connectivity index (χ2v) is 9.19. The van der Waals surface area contributed by atoms with Gasteiger partial charge in [0.2, 0.25) is 0 Å². The Kier molecular flexibility index (Phi) is 5.12. The van der Waals surface area contributed by atoms with Crippen LogP contribution in [0.2, 0.25) is 0 Å². The van der Waals surface area contributed by atoms with E-state index in [1.165, 1.54) is 18.2 Å². The molecule has 0 amide bonds. The summed E-state index contributed by atoms with van der Waals surface area (Å²) in [5.74, 6) is 0.682. The third-order valence-electron chi connectivity index (χ3n) is 7.04. The number of fused-ring (bicyclic) bond motifs is 2. The van der Waals surface area contributed by atoms with Crippen LogP contribution < -0.4 is 5.32 Å². The number of hydrogen-bond acceptors (Lipinski definition) is 4. The van der Waals surface area contributed by atoms with Gasteiger partial charge in [-0.05, 0) is 67.7 Å². The van der Waals surface area contributed by atoms with Gasteiger partial charge in [-0.1, -0.05) is 18.2 Å². The molecule has 1 saturated heterocycles. The van der Waals surface area contributed by atoms with E-state index in [0.717, 1.165) is 58.6 Å². The van der Waals surface area contributed by atoms with Gasteiger partial charge in [-0.2, -0.15) is 5.26 Å². The van der Waals surface area contributed by atoms with E-state index in [0.29, 0.717) is 11.5 Å². The fourth-order valence-electron chi connectivity index (χ4n) is 5.17. The van der Waals surface area contributed by atoms with Crippen molar-refractivity contribution in [1.82, 2.24) is 24.4 Å². The molecule has 4 heterocycles. The summed E-state index contributed by atoms with van der Waals surface area (Å²) in [6.45, 7) is 3.20. The van der Waals surface area contributed by atoms with Crippen LogP contribution in [-0.2, 0) is 13.6 Å². The third-order valence-corrected chi connectivity index (χ3v) is 7.04. The number of nitrogens with zero attached hydrogens (tertiary/aromatic N) is 5. The zero-order chi connectivity index (χ0) is 23.1. The number of piperidine rings is 1. The number of rotatable bonds is 4. The van der Waals surface area contributed by atoms with Crippen LogP contribution >= 0.6 is 0 Å². The number of hydrogen-bond donors (Lipinski definition) is 1. The Bertz CT molecular complexity index is 1530. The average molecular weight is 447 g/mol. The van der Waals surface area contributed by atoms with E-state index in [4.69, 9.17) is 4.98 Å². The van der Waals surface area contributed by atoms with E-state index in [2.05, 4.69) is 51.4 Å². The lowest BCUT2D eigenvalue weighted by molar-refractivity contribution is 0.337. The number of nitrogens with one attached hydrogen (secondary N) is 1. The molecule has 0 unspecified atom stereocenters. The summed E-state index contributed by atoms with van der Waals surface area (Å²) in [6, 6.07) is 18.6. The molecule has 1 aliphatic rings. The molecule has 5 aromatic rings. The summed E-state index contributed by atoms with van der Waals surface area (Å²) in [5.41, 5.74) is 8.00. The van der Waals surface area contributed by atoms with Crippen molar-refractivity contribution < 1.29 is 0 Å². The number of imidazole rings is 1. The summed E-state index contributed by atoms with van der Waals surface area (Å²) >= 11 is 0. The van der Waals surface area contributed by atoms with Crippen LogP contribution in [0, 0.1) is 17.2 Å². The van der Waals surface area contributed by atoms with Crippen LogP contribution in [0.3, 0.4) is 0 Å². The zero-order valence-corrected chi connectivity index (χ0v) is 19.2. The molecule has 0 atom stereocenters. The van der Waals surface area contributed by atoms with Crippen molar-refractivity contribution in [1.29, 1.82) is 5.26 Å². The molecule has 6 heteroatoms. The van der Waals surface area contributed by atoms with E-state index < -0.39 is 0 Å². The van der Waals surface area contributed by atoms with Crippen molar-refractivity contribution in [2.24, 2.45) is 13.0 Å². The van der Waals surface area contributed by atoms with E-state index in [1.807, 2.05) is 48.4 Å². The maximum absolute atomic E-state index is 9.29. The van der Waals surface area contributed by atoms with Crippen molar-refractivity contribution in [2.75, 3.05) is 13.1 Å². The van der Waals surface area contributed by atoms with E-state index >= 15 is 0 Å². The summed E-state index contributed by atoms with van der Waals surface area (Å²) in [7, 11) is 2.01. The van der Waals surface area contributed by atoms with Crippen LogP contribution in [0.4, 0.5) is 0 Å². The maximum Gasteiger partial charge on any atom is 0.0991 e. The number of pyridine rings is 1. The molecule has 1 N–H and O–H groups in total. The monoisotopic (exact) mass is 446 g/mol. The fraction of sp³-hybridized carbons (Fsp3) is 0.250. The number of benzene rings is 2. The first-order valence-electron chi connectivity index (χ1n) is 11.8. The molecule has 6 rings (SSSR count). The summed E-state index contributed by atoms with van der Waals surface area (Å²) in [5, 5.41) is 13.9. The normalized spacial score (nSPS) is 14.6. The summed E-state index contributed by atoms with van der Waals surface area (Å²) < 4.78 is 4.38. The Labute approximate surface area is 198 Å². The molecular formula is C28H26N6. The molecular weight excluding hydrogens is 420 g/mol. The standard InChI is InChI=1S/C28H26N6/c1-33-18-32-24-14-22(6-7-25(24)33)28-27(21-4-2-19(15-29)3-5-21)23-10-13-34(26(23)16-31-28)17-20-8-11-30-12-9-20/h2-7,10,13-14,16,18,20,30H,8-9,11-12,17H2,1H3. The second kappa shape index (κ2) is 8.44. The van der Waals surface area contributed by atoms with Crippen molar-refractivity contribution in [3.63, 3.8) is 0 Å². The van der Waals surface area contributed by atoms with Crippen LogP contribution in [0.1, 0.15) is 18.4 Å². The molecule has 0 bridgehead atoms. The zero-order valence-electron chi connectivity index (χ0n) is 19.2. The number of aromatic nitrogens is 4. The summed E-state index contributed by atoms with van der Waals surface area (Å²) in [6.07, 6.45) is 8.47. The highest BCUT2D eigenvalue weighted by atomic mass is 15.0. The topological polar surface area (TPSA) is 71.5 Å². The van der Waals surface area contributed by atoms with E-state index in [9.17, 15) is 5.26 Å². The van der Waals surface area contributed by atoms with Gasteiger partial charge in [-0.25, -0.2) is 4.98 Å². The van der Waals surface area contributed by atoms with Crippen LogP contribution in [0.15, 0.2) is 67.3 Å². The average Bonchev–Trinajstić information content (AvgIpc) is 3.47. The minimum atomic E-state index is 0.656. The highest BCUT2D eigenvalue weighted by Gasteiger charge is 2.19. The second-order valence-electron chi connectivity index (χ2n) is 9.19. The van der Waals surface area contributed by atoms with Gasteiger partial charge in [0.05, 0.1) is 46.4 Å². The van der Waals surface area contributed by atoms with Crippen molar-refractivity contribution in [3.05, 3.63) is 72.8 Å². The smallest absolute Gasteiger partial charge is 0.0991 e. The van der Waals surface area contributed by atoms with Crippen LogP contribution in [0.25, 0.3) is 44.3 Å². The largest absolute Gasteiger partial charge is 0.346 e. The molecule has 6 nitrogen and oxygen atoms in total. The first kappa shape index (κ1) is 20.6. The van der Waals surface area contributed by atoms with Crippen LogP contribution in [0.5, 0.6) is 0 Å². The van der Waals surface area contributed by atoms with E-state index in [-0.39, 0.29) is 0 Å². The molecule has 0 saturated carbocycles. The molecule has 0 aliphatic carbocycles. The molecule has 0 radical (unpaired) electrons. The molecule has 3 aromatic heterocycles. The highest BCUT2D eigenvalue weighted by Crippen LogP contribution is 2.38.